The Hall–Kier alpha value is -3.00. The second-order valence-electron chi connectivity index (χ2n) is 6.19. The molecule has 144 valence electrons. The van der Waals surface area contributed by atoms with Crippen LogP contribution in [0.25, 0.3) is 0 Å². The molecule has 0 unspecified atom stereocenters. The first-order valence-electron chi connectivity index (χ1n) is 8.37. The zero-order valence-electron chi connectivity index (χ0n) is 15.8. The molecule has 0 N–H and O–H groups in total. The highest BCUT2D eigenvalue weighted by atomic mass is 16.6. The number of aromatic nitrogens is 1. The number of hydrogen-bond donors (Lipinski definition) is 0. The highest BCUT2D eigenvalue weighted by Crippen LogP contribution is 2.20. The average Bonchev–Trinajstić information content (AvgIpc) is 2.91. The number of carbonyl (C=O) groups excluding carboxylic acids is 2. The molecule has 0 bridgehead atoms. The van der Waals surface area contributed by atoms with Crippen molar-refractivity contribution in [2.75, 3.05) is 20.3 Å². The van der Waals surface area contributed by atoms with Crippen molar-refractivity contribution in [2.24, 2.45) is 0 Å². The molecule has 2 rings (SSSR count). The number of carbonyl (C=O) groups is 2. The Morgan fingerprint density at radius 2 is 1.89 bits per heavy atom. The number of benzene rings is 1. The van der Waals surface area contributed by atoms with Crippen LogP contribution in [-0.4, -0.2) is 41.6 Å². The van der Waals surface area contributed by atoms with Gasteiger partial charge in [0.2, 0.25) is 5.78 Å². The molecule has 0 saturated carbocycles. The van der Waals surface area contributed by atoms with Crippen molar-refractivity contribution in [3.63, 3.8) is 0 Å². The molecule has 0 spiro atoms. The van der Waals surface area contributed by atoms with Crippen LogP contribution in [-0.2, 0) is 16.0 Å². The summed E-state index contributed by atoms with van der Waals surface area (Å²) in [6.45, 7) is 6.02. The number of ketones is 1. The minimum absolute atomic E-state index is 0.0777. The number of hydrogen-bond acceptors (Lipinski definition) is 6. The topological polar surface area (TPSA) is 101 Å². The van der Waals surface area contributed by atoms with Gasteiger partial charge in [0.1, 0.15) is 0 Å². The summed E-state index contributed by atoms with van der Waals surface area (Å²) in [6.07, 6.45) is 0. The Morgan fingerprint density at radius 3 is 2.48 bits per heavy atom. The highest BCUT2D eigenvalue weighted by molar-refractivity contribution is 6.00. The fraction of sp³-hybridized carbons (Fsp3) is 0.368. The first-order chi connectivity index (χ1) is 12.8. The Kier molecular flexibility index (Phi) is 6.46. The first-order valence-corrected chi connectivity index (χ1v) is 8.37. The average molecular weight is 374 g/mol. The van der Waals surface area contributed by atoms with Crippen molar-refractivity contribution in [1.82, 2.24) is 4.57 Å². The maximum atomic E-state index is 12.4. The van der Waals surface area contributed by atoms with Crippen LogP contribution in [0.2, 0.25) is 0 Å². The molecule has 0 amide bonds. The van der Waals surface area contributed by atoms with Crippen LogP contribution >= 0.6 is 0 Å². The van der Waals surface area contributed by atoms with Gasteiger partial charge in [0, 0.05) is 42.2 Å². The molecule has 0 aliphatic heterocycles. The molecule has 1 aromatic carbocycles. The van der Waals surface area contributed by atoms with Crippen LogP contribution in [0.15, 0.2) is 24.3 Å². The van der Waals surface area contributed by atoms with E-state index in [1.165, 1.54) is 25.1 Å². The van der Waals surface area contributed by atoms with Crippen LogP contribution < -0.4 is 0 Å². The van der Waals surface area contributed by atoms with E-state index in [0.717, 1.165) is 11.4 Å². The summed E-state index contributed by atoms with van der Waals surface area (Å²) >= 11 is 0. The van der Waals surface area contributed by atoms with Crippen molar-refractivity contribution in [3.8, 4) is 0 Å². The fourth-order valence-electron chi connectivity index (χ4n) is 2.89. The van der Waals surface area contributed by atoms with Gasteiger partial charge in [-0.05, 0) is 39.0 Å². The molecule has 2 aromatic rings. The predicted molar refractivity (Wildman–Crippen MR) is 98.2 cm³/mol. The quantitative estimate of drug-likeness (QED) is 0.305. The van der Waals surface area contributed by atoms with Gasteiger partial charge >= 0.3 is 5.97 Å². The third-order valence-corrected chi connectivity index (χ3v) is 4.36. The van der Waals surface area contributed by atoms with Crippen LogP contribution in [0.4, 0.5) is 5.69 Å². The first kappa shape index (κ1) is 20.3. The van der Waals surface area contributed by atoms with E-state index in [4.69, 9.17) is 9.47 Å². The fourth-order valence-corrected chi connectivity index (χ4v) is 2.89. The monoisotopic (exact) mass is 374 g/mol. The molecule has 0 fully saturated rings. The standard InChI is InChI=1S/C19H22N2O6/c1-12-9-15(5-6-17(12)21(24)25)19(23)27-11-18(22)16-10-13(2)20(14(16)3)7-8-26-4/h5-6,9-10H,7-8,11H2,1-4H3. The predicted octanol–water partition coefficient (Wildman–Crippen LogP) is 3.01. The van der Waals surface area contributed by atoms with Crippen molar-refractivity contribution >= 4 is 17.4 Å². The third-order valence-electron chi connectivity index (χ3n) is 4.36. The lowest BCUT2D eigenvalue weighted by Gasteiger charge is -2.09. The Bertz CT molecular complexity index is 885. The molecule has 27 heavy (non-hydrogen) atoms. The van der Waals surface area contributed by atoms with Gasteiger partial charge in [0.15, 0.2) is 6.61 Å². The summed E-state index contributed by atoms with van der Waals surface area (Å²) in [5.41, 5.74) is 2.64. The van der Waals surface area contributed by atoms with E-state index in [9.17, 15) is 19.7 Å². The van der Waals surface area contributed by atoms with E-state index in [2.05, 4.69) is 0 Å². The second kappa shape index (κ2) is 8.59. The van der Waals surface area contributed by atoms with E-state index >= 15 is 0 Å². The molecular weight excluding hydrogens is 352 g/mol. The third kappa shape index (κ3) is 4.59. The highest BCUT2D eigenvalue weighted by Gasteiger charge is 2.19. The van der Waals surface area contributed by atoms with Crippen LogP contribution in [0.5, 0.6) is 0 Å². The van der Waals surface area contributed by atoms with Gasteiger partial charge in [-0.25, -0.2) is 4.79 Å². The number of nitro benzene ring substituents is 1. The maximum Gasteiger partial charge on any atom is 0.338 e. The summed E-state index contributed by atoms with van der Waals surface area (Å²) in [7, 11) is 1.61. The lowest BCUT2D eigenvalue weighted by atomic mass is 10.1. The molecule has 0 aliphatic rings. The van der Waals surface area contributed by atoms with E-state index in [1.54, 1.807) is 13.2 Å². The largest absolute Gasteiger partial charge is 0.454 e. The van der Waals surface area contributed by atoms with Crippen molar-refractivity contribution in [2.45, 2.75) is 27.3 Å². The van der Waals surface area contributed by atoms with E-state index in [0.29, 0.717) is 24.3 Å². The zero-order valence-corrected chi connectivity index (χ0v) is 15.8. The summed E-state index contributed by atoms with van der Waals surface area (Å²) in [5.74, 6) is -1.01. The second-order valence-corrected chi connectivity index (χ2v) is 6.19. The Morgan fingerprint density at radius 1 is 1.19 bits per heavy atom. The molecule has 1 heterocycles. The number of nitrogens with zero attached hydrogens (tertiary/aromatic N) is 2. The molecule has 0 atom stereocenters. The number of ether oxygens (including phenoxy) is 2. The summed E-state index contributed by atoms with van der Waals surface area (Å²) < 4.78 is 12.1. The van der Waals surface area contributed by atoms with E-state index in [-0.39, 0.29) is 17.0 Å². The van der Waals surface area contributed by atoms with Gasteiger partial charge in [0.05, 0.1) is 17.1 Å². The normalized spacial score (nSPS) is 10.7. The minimum atomic E-state index is -0.700. The summed E-state index contributed by atoms with van der Waals surface area (Å²) in [5, 5.41) is 10.8. The Labute approximate surface area is 156 Å². The van der Waals surface area contributed by atoms with Crippen molar-refractivity contribution in [3.05, 3.63) is 62.5 Å². The van der Waals surface area contributed by atoms with Gasteiger partial charge in [-0.15, -0.1) is 0 Å². The number of nitro groups is 1. The number of esters is 1. The molecule has 8 heteroatoms. The van der Waals surface area contributed by atoms with Gasteiger partial charge in [-0.3, -0.25) is 14.9 Å². The number of rotatable bonds is 8. The van der Waals surface area contributed by atoms with Crippen molar-refractivity contribution in [1.29, 1.82) is 0 Å². The SMILES string of the molecule is COCCn1c(C)cc(C(=O)COC(=O)c2ccc([N+](=O)[O-])c(C)c2)c1C. The van der Waals surface area contributed by atoms with Gasteiger partial charge in [-0.2, -0.15) is 0 Å². The van der Waals surface area contributed by atoms with Crippen LogP contribution in [0.1, 0.15) is 37.7 Å². The van der Waals surface area contributed by atoms with Gasteiger partial charge < -0.3 is 14.0 Å². The minimum Gasteiger partial charge on any atom is -0.454 e. The number of aryl methyl sites for hydroxylation is 2. The number of methoxy groups -OCH3 is 1. The lowest BCUT2D eigenvalue weighted by molar-refractivity contribution is -0.385. The Balaban J connectivity index is 2.06. The molecule has 8 nitrogen and oxygen atoms in total. The van der Waals surface area contributed by atoms with E-state index in [1.807, 2.05) is 18.4 Å². The zero-order chi connectivity index (χ0) is 20.1. The summed E-state index contributed by atoms with van der Waals surface area (Å²) in [6, 6.07) is 5.70. The maximum absolute atomic E-state index is 12.4. The lowest BCUT2D eigenvalue weighted by Crippen LogP contribution is -2.15. The molecule has 0 aliphatic carbocycles. The molecule has 0 saturated heterocycles. The molecule has 1 aromatic heterocycles. The van der Waals surface area contributed by atoms with Gasteiger partial charge in [-0.1, -0.05) is 0 Å². The van der Waals surface area contributed by atoms with Gasteiger partial charge in [0.25, 0.3) is 5.69 Å². The van der Waals surface area contributed by atoms with E-state index < -0.39 is 17.5 Å². The number of Topliss-reactive ketones (excluding diaryl/α,β-unsaturated/α-hetero) is 1. The smallest absolute Gasteiger partial charge is 0.338 e. The van der Waals surface area contributed by atoms with Crippen molar-refractivity contribution < 1.29 is 24.0 Å². The summed E-state index contributed by atoms with van der Waals surface area (Å²) in [4.78, 5) is 34.9. The molecule has 0 radical (unpaired) electrons. The molecular formula is C19H22N2O6. The van der Waals surface area contributed by atoms with Crippen LogP contribution in [0.3, 0.4) is 0 Å². The van der Waals surface area contributed by atoms with Crippen LogP contribution in [0, 0.1) is 30.9 Å².